The first kappa shape index (κ1) is 19.3. The molecule has 2 aliphatic heterocycles. The van der Waals surface area contributed by atoms with Crippen molar-refractivity contribution in [1.82, 2.24) is 9.21 Å². The van der Waals surface area contributed by atoms with Crippen LogP contribution in [0.25, 0.3) is 0 Å². The van der Waals surface area contributed by atoms with Gasteiger partial charge in [-0.1, -0.05) is 13.8 Å². The van der Waals surface area contributed by atoms with Crippen molar-refractivity contribution in [2.45, 2.75) is 38.0 Å². The number of carbonyl (C=O) groups excluding carboxylic acids is 1. The number of hydrogen-bond donors (Lipinski definition) is 1. The number of benzene rings is 1. The molecule has 6 nitrogen and oxygen atoms in total. The van der Waals surface area contributed by atoms with Crippen LogP contribution in [0.1, 0.15) is 43.5 Å². The molecule has 7 heteroatoms. The summed E-state index contributed by atoms with van der Waals surface area (Å²) < 4.78 is 27.2. The normalized spacial score (nSPS) is 27.7. The minimum Gasteiger partial charge on any atom is -0.338 e. The summed E-state index contributed by atoms with van der Waals surface area (Å²) in [5.41, 5.74) is 6.31. The predicted molar refractivity (Wildman–Crippen MR) is 101 cm³/mol. The molecule has 3 rings (SSSR count). The fourth-order valence-corrected chi connectivity index (χ4v) is 5.43. The van der Waals surface area contributed by atoms with Crippen LogP contribution in [-0.2, 0) is 10.0 Å². The molecule has 1 aromatic carbocycles. The predicted octanol–water partition coefficient (Wildman–Crippen LogP) is 1.92. The lowest BCUT2D eigenvalue weighted by Gasteiger charge is -2.30. The molecular formula is C19H29N3O3S. The number of sulfonamides is 1. The van der Waals surface area contributed by atoms with Crippen molar-refractivity contribution in [3.8, 4) is 0 Å². The average molecular weight is 380 g/mol. The highest BCUT2D eigenvalue weighted by atomic mass is 32.2. The highest BCUT2D eigenvalue weighted by molar-refractivity contribution is 7.89. The van der Waals surface area contributed by atoms with Crippen LogP contribution in [0, 0.1) is 11.3 Å². The Kier molecular flexibility index (Phi) is 5.42. The number of amides is 1. The molecule has 0 aliphatic carbocycles. The van der Waals surface area contributed by atoms with E-state index in [0.717, 1.165) is 19.3 Å². The summed E-state index contributed by atoms with van der Waals surface area (Å²) in [6.45, 7) is 7.20. The first-order chi connectivity index (χ1) is 12.2. The van der Waals surface area contributed by atoms with Crippen molar-refractivity contribution in [3.05, 3.63) is 29.8 Å². The van der Waals surface area contributed by atoms with Gasteiger partial charge in [-0.25, -0.2) is 8.42 Å². The van der Waals surface area contributed by atoms with E-state index in [1.807, 2.05) is 4.90 Å². The number of rotatable bonds is 4. The van der Waals surface area contributed by atoms with Gasteiger partial charge in [0.15, 0.2) is 0 Å². The van der Waals surface area contributed by atoms with Crippen LogP contribution in [0.15, 0.2) is 29.2 Å². The minimum atomic E-state index is -3.49. The summed E-state index contributed by atoms with van der Waals surface area (Å²) in [5, 5.41) is 0. The molecular weight excluding hydrogens is 350 g/mol. The Morgan fingerprint density at radius 1 is 1.27 bits per heavy atom. The third kappa shape index (κ3) is 3.80. The Labute approximate surface area is 156 Å². The molecule has 2 atom stereocenters. The van der Waals surface area contributed by atoms with E-state index >= 15 is 0 Å². The average Bonchev–Trinajstić information content (AvgIpc) is 3.04. The number of nitrogens with two attached hydrogens (primary N) is 1. The zero-order chi connectivity index (χ0) is 18.9. The van der Waals surface area contributed by atoms with Gasteiger partial charge < -0.3 is 10.6 Å². The maximum Gasteiger partial charge on any atom is 0.253 e. The van der Waals surface area contributed by atoms with Crippen molar-refractivity contribution < 1.29 is 13.2 Å². The van der Waals surface area contributed by atoms with Crippen molar-refractivity contribution in [2.24, 2.45) is 17.1 Å². The smallest absolute Gasteiger partial charge is 0.253 e. The molecule has 0 saturated carbocycles. The van der Waals surface area contributed by atoms with Gasteiger partial charge in [0.05, 0.1) is 4.90 Å². The Morgan fingerprint density at radius 2 is 1.96 bits per heavy atom. The number of likely N-dealkylation sites (tertiary alicyclic amines) is 1. The van der Waals surface area contributed by atoms with Gasteiger partial charge in [0.25, 0.3) is 5.91 Å². The molecule has 2 saturated heterocycles. The molecule has 144 valence electrons. The topological polar surface area (TPSA) is 83.7 Å². The zero-order valence-electron chi connectivity index (χ0n) is 15.6. The summed E-state index contributed by atoms with van der Waals surface area (Å²) in [6.07, 6.45) is 2.86. The van der Waals surface area contributed by atoms with Gasteiger partial charge in [-0.15, -0.1) is 0 Å². The summed E-state index contributed by atoms with van der Waals surface area (Å²) in [6, 6.07) is 6.36. The molecule has 2 aliphatic rings. The second-order valence-electron chi connectivity index (χ2n) is 8.13. The highest BCUT2D eigenvalue weighted by Crippen LogP contribution is 2.30. The maximum atomic E-state index is 12.8. The van der Waals surface area contributed by atoms with Crippen LogP contribution in [-0.4, -0.2) is 56.3 Å². The standard InChI is InChI=1S/C19H29N3O3S/c1-15-4-3-10-22(12-15)26(24,25)17-7-5-16(6-8-17)18(23)21-11-9-19(2,13-20)14-21/h5-8,15H,3-4,9-14,20H2,1-2H3. The van der Waals surface area contributed by atoms with Crippen LogP contribution < -0.4 is 5.73 Å². The molecule has 2 N–H and O–H groups in total. The van der Waals surface area contributed by atoms with Crippen molar-refractivity contribution in [3.63, 3.8) is 0 Å². The summed E-state index contributed by atoms with van der Waals surface area (Å²) in [4.78, 5) is 14.8. The van der Waals surface area contributed by atoms with Crippen LogP contribution in [0.5, 0.6) is 0 Å². The van der Waals surface area contributed by atoms with E-state index in [0.29, 0.717) is 44.2 Å². The number of hydrogen-bond acceptors (Lipinski definition) is 4. The zero-order valence-corrected chi connectivity index (χ0v) is 16.5. The van der Waals surface area contributed by atoms with E-state index in [4.69, 9.17) is 5.73 Å². The van der Waals surface area contributed by atoms with E-state index in [1.165, 1.54) is 0 Å². The fourth-order valence-electron chi connectivity index (χ4n) is 3.83. The first-order valence-electron chi connectivity index (χ1n) is 9.35. The molecule has 1 aromatic rings. The summed E-state index contributed by atoms with van der Waals surface area (Å²) in [7, 11) is -3.49. The van der Waals surface area contributed by atoms with E-state index in [-0.39, 0.29) is 16.2 Å². The Balaban J connectivity index is 1.73. The Hall–Kier alpha value is -1.44. The largest absolute Gasteiger partial charge is 0.338 e. The molecule has 0 bridgehead atoms. The van der Waals surface area contributed by atoms with Crippen LogP contribution in [0.4, 0.5) is 0 Å². The lowest BCUT2D eigenvalue weighted by atomic mass is 9.90. The molecule has 26 heavy (non-hydrogen) atoms. The van der Waals surface area contributed by atoms with Gasteiger partial charge in [0, 0.05) is 31.7 Å². The number of carbonyl (C=O) groups is 1. The van der Waals surface area contributed by atoms with Crippen molar-refractivity contribution in [1.29, 1.82) is 0 Å². The maximum absolute atomic E-state index is 12.8. The highest BCUT2D eigenvalue weighted by Gasteiger charge is 2.35. The van der Waals surface area contributed by atoms with Gasteiger partial charge >= 0.3 is 0 Å². The van der Waals surface area contributed by atoms with Gasteiger partial charge in [0.2, 0.25) is 10.0 Å². The molecule has 2 unspecified atom stereocenters. The quantitative estimate of drug-likeness (QED) is 0.866. The SMILES string of the molecule is CC1CCCN(S(=O)(=O)c2ccc(C(=O)N3CCC(C)(CN)C3)cc2)C1. The second-order valence-corrected chi connectivity index (χ2v) is 10.1. The lowest BCUT2D eigenvalue weighted by Crippen LogP contribution is -2.39. The van der Waals surface area contributed by atoms with Crippen molar-refractivity contribution >= 4 is 15.9 Å². The van der Waals surface area contributed by atoms with Crippen LogP contribution >= 0.6 is 0 Å². The third-order valence-electron chi connectivity index (χ3n) is 5.70. The van der Waals surface area contributed by atoms with E-state index in [9.17, 15) is 13.2 Å². The fraction of sp³-hybridized carbons (Fsp3) is 0.632. The molecule has 2 heterocycles. The molecule has 0 aromatic heterocycles. The van der Waals surface area contributed by atoms with Gasteiger partial charge in [0.1, 0.15) is 0 Å². The number of piperidine rings is 1. The Morgan fingerprint density at radius 3 is 2.54 bits per heavy atom. The van der Waals surface area contributed by atoms with Gasteiger partial charge in [-0.3, -0.25) is 4.79 Å². The minimum absolute atomic E-state index is 0.0239. The van der Waals surface area contributed by atoms with Crippen molar-refractivity contribution in [2.75, 3.05) is 32.7 Å². The molecule has 0 radical (unpaired) electrons. The lowest BCUT2D eigenvalue weighted by molar-refractivity contribution is 0.0777. The van der Waals surface area contributed by atoms with Crippen LogP contribution in [0.2, 0.25) is 0 Å². The first-order valence-corrected chi connectivity index (χ1v) is 10.8. The van der Waals surface area contributed by atoms with E-state index < -0.39 is 10.0 Å². The second kappa shape index (κ2) is 7.29. The van der Waals surface area contributed by atoms with Crippen LogP contribution in [0.3, 0.4) is 0 Å². The number of nitrogens with zero attached hydrogens (tertiary/aromatic N) is 2. The molecule has 0 spiro atoms. The summed E-state index contributed by atoms with van der Waals surface area (Å²) in [5.74, 6) is 0.323. The van der Waals surface area contributed by atoms with E-state index in [1.54, 1.807) is 28.6 Å². The van der Waals surface area contributed by atoms with E-state index in [2.05, 4.69) is 13.8 Å². The monoisotopic (exact) mass is 379 g/mol. The van der Waals surface area contributed by atoms with Gasteiger partial charge in [-0.05, 0) is 61.4 Å². The van der Waals surface area contributed by atoms with Gasteiger partial charge in [-0.2, -0.15) is 4.31 Å². The Bertz CT molecular complexity index is 763. The third-order valence-corrected chi connectivity index (χ3v) is 7.58. The molecule has 2 fully saturated rings. The molecule has 1 amide bonds. The summed E-state index contributed by atoms with van der Waals surface area (Å²) >= 11 is 0.